The maximum atomic E-state index is 12.2. The Morgan fingerprint density at radius 3 is 2.44 bits per heavy atom. The van der Waals surface area contributed by atoms with Gasteiger partial charge in [-0.3, -0.25) is 4.79 Å². The molecule has 0 fully saturated rings. The Kier molecular flexibility index (Phi) is 6.71. The summed E-state index contributed by atoms with van der Waals surface area (Å²) in [6.45, 7) is 3.43. The van der Waals surface area contributed by atoms with Crippen LogP contribution in [-0.2, 0) is 16.0 Å². The summed E-state index contributed by atoms with van der Waals surface area (Å²) in [4.78, 5) is 24.3. The number of hydrogen-bond acceptors (Lipinski definition) is 3. The van der Waals surface area contributed by atoms with Crippen LogP contribution in [0.25, 0.3) is 0 Å². The predicted molar refractivity (Wildman–Crippen MR) is 101 cm³/mol. The third-order valence-corrected chi connectivity index (χ3v) is 4.71. The van der Waals surface area contributed by atoms with Crippen molar-refractivity contribution in [3.05, 3.63) is 62.1 Å². The lowest BCUT2D eigenvalue weighted by Gasteiger charge is -2.13. The van der Waals surface area contributed by atoms with Crippen LogP contribution >= 0.6 is 34.8 Å². The summed E-state index contributed by atoms with van der Waals surface area (Å²) in [7, 11) is 0. The van der Waals surface area contributed by atoms with Gasteiger partial charge in [0.05, 0.1) is 20.6 Å². The van der Waals surface area contributed by atoms with Crippen LogP contribution in [-0.4, -0.2) is 18.5 Å². The molecular weight excluding hydrogens is 385 g/mol. The maximum absolute atomic E-state index is 12.2. The molecule has 2 rings (SSSR count). The van der Waals surface area contributed by atoms with E-state index in [1.54, 1.807) is 0 Å². The fourth-order valence-electron chi connectivity index (χ4n) is 2.29. The Hall–Kier alpha value is -1.75. The topological polar surface area (TPSA) is 55.4 Å². The molecule has 4 nitrogen and oxygen atoms in total. The highest BCUT2D eigenvalue weighted by atomic mass is 35.5. The van der Waals surface area contributed by atoms with Gasteiger partial charge in [0.2, 0.25) is 0 Å². The first kappa shape index (κ1) is 19.6. The molecule has 0 radical (unpaired) electrons. The van der Waals surface area contributed by atoms with E-state index in [1.165, 1.54) is 12.1 Å². The molecule has 0 aliphatic carbocycles. The molecule has 2 aromatic rings. The third-order valence-electron chi connectivity index (χ3n) is 3.59. The van der Waals surface area contributed by atoms with E-state index in [1.807, 2.05) is 32.0 Å². The van der Waals surface area contributed by atoms with E-state index in [0.717, 1.165) is 23.2 Å². The van der Waals surface area contributed by atoms with Gasteiger partial charge in [-0.1, -0.05) is 59.9 Å². The van der Waals surface area contributed by atoms with Gasteiger partial charge in [0.1, 0.15) is 0 Å². The Labute approximate surface area is 161 Å². The van der Waals surface area contributed by atoms with Gasteiger partial charge in [-0.05, 0) is 36.6 Å². The molecule has 0 aliphatic heterocycles. The SMILES string of the molecule is CCc1cccc(C)c1NC(=O)COC(=O)c1c(Cl)ccc(Cl)c1Cl. The second-order valence-electron chi connectivity index (χ2n) is 5.31. The molecule has 0 saturated heterocycles. The quantitative estimate of drug-likeness (QED) is 0.546. The molecule has 0 unspecified atom stereocenters. The first-order chi connectivity index (χ1) is 11.8. The summed E-state index contributed by atoms with van der Waals surface area (Å²) in [5.74, 6) is -1.26. The summed E-state index contributed by atoms with van der Waals surface area (Å²) in [6.07, 6.45) is 0.769. The number of anilines is 1. The van der Waals surface area contributed by atoms with Crippen LogP contribution in [0.1, 0.15) is 28.4 Å². The lowest BCUT2D eigenvalue weighted by atomic mass is 10.1. The number of esters is 1. The highest BCUT2D eigenvalue weighted by Gasteiger charge is 2.20. The molecule has 0 spiro atoms. The number of halogens is 3. The monoisotopic (exact) mass is 399 g/mol. The smallest absolute Gasteiger partial charge is 0.341 e. The van der Waals surface area contributed by atoms with Gasteiger partial charge >= 0.3 is 5.97 Å². The van der Waals surface area contributed by atoms with Crippen molar-refractivity contribution in [2.45, 2.75) is 20.3 Å². The summed E-state index contributed by atoms with van der Waals surface area (Å²) < 4.78 is 5.01. The van der Waals surface area contributed by atoms with Crippen molar-refractivity contribution in [3.63, 3.8) is 0 Å². The van der Waals surface area contributed by atoms with Crippen LogP contribution in [0, 0.1) is 6.92 Å². The molecule has 1 amide bonds. The Balaban J connectivity index is 2.06. The van der Waals surface area contributed by atoms with Crippen molar-refractivity contribution < 1.29 is 14.3 Å². The zero-order chi connectivity index (χ0) is 18.6. The summed E-state index contributed by atoms with van der Waals surface area (Å²) in [6, 6.07) is 8.66. The molecule has 0 heterocycles. The Morgan fingerprint density at radius 1 is 1.08 bits per heavy atom. The highest BCUT2D eigenvalue weighted by molar-refractivity contribution is 6.46. The molecular formula is C18H16Cl3NO3. The number of amides is 1. The highest BCUT2D eigenvalue weighted by Crippen LogP contribution is 2.31. The van der Waals surface area contributed by atoms with Crippen LogP contribution in [0.3, 0.4) is 0 Å². The van der Waals surface area contributed by atoms with Crippen molar-refractivity contribution in [1.29, 1.82) is 0 Å². The molecule has 0 bridgehead atoms. The van der Waals surface area contributed by atoms with Gasteiger partial charge in [-0.2, -0.15) is 0 Å². The first-order valence-electron chi connectivity index (χ1n) is 7.54. The molecule has 132 valence electrons. The van der Waals surface area contributed by atoms with Crippen molar-refractivity contribution in [2.24, 2.45) is 0 Å². The lowest BCUT2D eigenvalue weighted by Crippen LogP contribution is -2.22. The predicted octanol–water partition coefficient (Wildman–Crippen LogP) is 5.31. The van der Waals surface area contributed by atoms with Crippen LogP contribution in [0.15, 0.2) is 30.3 Å². The number of hydrogen-bond donors (Lipinski definition) is 1. The second kappa shape index (κ2) is 8.56. The zero-order valence-corrected chi connectivity index (χ0v) is 15.9. The summed E-state index contributed by atoms with van der Waals surface area (Å²) >= 11 is 17.8. The third kappa shape index (κ3) is 4.66. The van der Waals surface area contributed by atoms with Gasteiger partial charge in [-0.25, -0.2) is 4.79 Å². The fraction of sp³-hybridized carbons (Fsp3) is 0.222. The molecule has 0 saturated carbocycles. The minimum Gasteiger partial charge on any atom is -0.452 e. The van der Waals surface area contributed by atoms with Gasteiger partial charge in [0.15, 0.2) is 6.61 Å². The van der Waals surface area contributed by atoms with Gasteiger partial charge in [-0.15, -0.1) is 0 Å². The van der Waals surface area contributed by atoms with Crippen molar-refractivity contribution in [1.82, 2.24) is 0 Å². The molecule has 2 aromatic carbocycles. The number of rotatable bonds is 5. The Morgan fingerprint density at radius 2 is 1.76 bits per heavy atom. The zero-order valence-electron chi connectivity index (χ0n) is 13.7. The van der Waals surface area contributed by atoms with Crippen LogP contribution in [0.2, 0.25) is 15.1 Å². The number of nitrogens with one attached hydrogen (secondary N) is 1. The average molecular weight is 401 g/mol. The van der Waals surface area contributed by atoms with Gasteiger partial charge < -0.3 is 10.1 Å². The van der Waals surface area contributed by atoms with E-state index >= 15 is 0 Å². The minimum absolute atomic E-state index is 0.00764. The largest absolute Gasteiger partial charge is 0.452 e. The van der Waals surface area contributed by atoms with Crippen molar-refractivity contribution in [2.75, 3.05) is 11.9 Å². The van der Waals surface area contributed by atoms with Crippen molar-refractivity contribution in [3.8, 4) is 0 Å². The number of carbonyl (C=O) groups is 2. The van der Waals surface area contributed by atoms with E-state index in [9.17, 15) is 9.59 Å². The minimum atomic E-state index is -0.812. The molecule has 0 aliphatic rings. The molecule has 0 aromatic heterocycles. The average Bonchev–Trinajstić information content (AvgIpc) is 2.58. The van der Waals surface area contributed by atoms with E-state index in [4.69, 9.17) is 39.5 Å². The molecule has 1 N–H and O–H groups in total. The number of benzene rings is 2. The Bertz CT molecular complexity index is 821. The summed E-state index contributed by atoms with van der Waals surface area (Å²) in [5.41, 5.74) is 2.60. The van der Waals surface area contributed by atoms with Crippen LogP contribution in [0.4, 0.5) is 5.69 Å². The number of carbonyl (C=O) groups excluding carboxylic acids is 2. The van der Waals surface area contributed by atoms with E-state index in [0.29, 0.717) is 0 Å². The van der Waals surface area contributed by atoms with Crippen LogP contribution < -0.4 is 5.32 Å². The van der Waals surface area contributed by atoms with E-state index in [-0.39, 0.29) is 20.6 Å². The number of para-hydroxylation sites is 1. The van der Waals surface area contributed by atoms with Gasteiger partial charge in [0.25, 0.3) is 5.91 Å². The maximum Gasteiger partial charge on any atom is 0.341 e. The normalized spacial score (nSPS) is 10.4. The first-order valence-corrected chi connectivity index (χ1v) is 8.67. The van der Waals surface area contributed by atoms with Crippen LogP contribution in [0.5, 0.6) is 0 Å². The number of aryl methyl sites for hydroxylation is 2. The standard InChI is InChI=1S/C18H16Cl3NO3/c1-3-11-6-4-5-10(2)17(11)22-14(23)9-25-18(24)15-12(19)7-8-13(20)16(15)21/h4-8H,3,9H2,1-2H3,(H,22,23). The number of ether oxygens (including phenoxy) is 1. The molecule has 0 atom stereocenters. The second-order valence-corrected chi connectivity index (χ2v) is 6.50. The van der Waals surface area contributed by atoms with Crippen molar-refractivity contribution >= 4 is 52.4 Å². The van der Waals surface area contributed by atoms with E-state index < -0.39 is 18.5 Å². The molecule has 7 heteroatoms. The lowest BCUT2D eigenvalue weighted by molar-refractivity contribution is -0.119. The van der Waals surface area contributed by atoms with Gasteiger partial charge in [0, 0.05) is 5.69 Å². The molecule has 25 heavy (non-hydrogen) atoms. The summed E-state index contributed by atoms with van der Waals surface area (Å²) in [5, 5.41) is 3.04. The fourth-order valence-corrected chi connectivity index (χ4v) is 2.98. The van der Waals surface area contributed by atoms with E-state index in [2.05, 4.69) is 5.32 Å².